The van der Waals surface area contributed by atoms with Crippen LogP contribution in [0.4, 0.5) is 0 Å². The van der Waals surface area contributed by atoms with Crippen molar-refractivity contribution in [1.29, 1.82) is 0 Å². The maximum atomic E-state index is 10.9. The number of carboxylic acids is 1. The van der Waals surface area contributed by atoms with Crippen molar-refractivity contribution in [3.05, 3.63) is 23.0 Å². The van der Waals surface area contributed by atoms with Gasteiger partial charge >= 0.3 is 5.97 Å². The van der Waals surface area contributed by atoms with Gasteiger partial charge in [-0.3, -0.25) is 0 Å². The number of carbonyl (C=O) groups is 1. The summed E-state index contributed by atoms with van der Waals surface area (Å²) in [6.45, 7) is 1.85. The quantitative estimate of drug-likeness (QED) is 0.780. The molecule has 0 radical (unpaired) electrons. The van der Waals surface area contributed by atoms with Gasteiger partial charge in [0.05, 0.1) is 11.6 Å². The summed E-state index contributed by atoms with van der Waals surface area (Å²) in [6.07, 6.45) is 4.14. The van der Waals surface area contributed by atoms with Crippen molar-refractivity contribution in [2.24, 2.45) is 5.92 Å². The Morgan fingerprint density at radius 2 is 2.38 bits per heavy atom. The van der Waals surface area contributed by atoms with Crippen molar-refractivity contribution in [3.8, 4) is 0 Å². The predicted molar refractivity (Wildman–Crippen MR) is 59.9 cm³/mol. The zero-order valence-corrected chi connectivity index (χ0v) is 9.61. The first kappa shape index (κ1) is 11.5. The van der Waals surface area contributed by atoms with E-state index in [0.29, 0.717) is 18.2 Å². The highest BCUT2D eigenvalue weighted by Gasteiger charge is 2.21. The fourth-order valence-corrected chi connectivity index (χ4v) is 1.76. The van der Waals surface area contributed by atoms with Gasteiger partial charge in [-0.1, -0.05) is 11.6 Å². The second-order valence-corrected chi connectivity index (χ2v) is 4.50. The van der Waals surface area contributed by atoms with E-state index in [1.165, 1.54) is 18.9 Å². The molecule has 1 saturated carbocycles. The maximum absolute atomic E-state index is 10.9. The molecular weight excluding hydrogens is 230 g/mol. The summed E-state index contributed by atoms with van der Waals surface area (Å²) < 4.78 is 7.06. The van der Waals surface area contributed by atoms with Gasteiger partial charge in [0.2, 0.25) is 0 Å². The van der Waals surface area contributed by atoms with Gasteiger partial charge in [-0.2, -0.15) is 0 Å². The van der Waals surface area contributed by atoms with Crippen LogP contribution in [-0.4, -0.2) is 28.9 Å². The van der Waals surface area contributed by atoms with Gasteiger partial charge in [0.15, 0.2) is 0 Å². The Morgan fingerprint density at radius 3 is 3.00 bits per heavy atom. The van der Waals surface area contributed by atoms with Crippen molar-refractivity contribution < 1.29 is 14.6 Å². The summed E-state index contributed by atoms with van der Waals surface area (Å²) >= 11 is 5.76. The van der Waals surface area contributed by atoms with E-state index in [0.717, 1.165) is 12.5 Å². The number of rotatable bonds is 6. The first-order valence-corrected chi connectivity index (χ1v) is 5.71. The molecule has 0 unspecified atom stereocenters. The summed E-state index contributed by atoms with van der Waals surface area (Å²) in [5, 5.41) is 9.36. The number of aromatic nitrogens is 1. The van der Waals surface area contributed by atoms with Crippen molar-refractivity contribution in [2.75, 3.05) is 13.2 Å². The Labute approximate surface area is 98.8 Å². The summed E-state index contributed by atoms with van der Waals surface area (Å²) in [5.74, 6) is -0.235. The molecule has 1 N–H and O–H groups in total. The minimum Gasteiger partial charge on any atom is -0.477 e. The fraction of sp³-hybridized carbons (Fsp3) is 0.545. The van der Waals surface area contributed by atoms with Crippen LogP contribution >= 0.6 is 11.6 Å². The molecule has 1 aliphatic rings. The van der Waals surface area contributed by atoms with E-state index >= 15 is 0 Å². The molecule has 0 amide bonds. The zero-order valence-electron chi connectivity index (χ0n) is 8.86. The minimum absolute atomic E-state index is 0.208. The van der Waals surface area contributed by atoms with E-state index in [1.807, 2.05) is 0 Å². The molecular formula is C11H14ClNO3. The van der Waals surface area contributed by atoms with E-state index in [9.17, 15) is 4.79 Å². The van der Waals surface area contributed by atoms with Crippen LogP contribution in [0.5, 0.6) is 0 Å². The minimum atomic E-state index is -0.964. The van der Waals surface area contributed by atoms with Gasteiger partial charge in [0.25, 0.3) is 0 Å². The second-order valence-electron chi connectivity index (χ2n) is 4.06. The molecule has 0 aliphatic heterocycles. The molecule has 88 valence electrons. The average Bonchev–Trinajstić information content (AvgIpc) is 2.96. The highest BCUT2D eigenvalue weighted by atomic mass is 35.5. The lowest BCUT2D eigenvalue weighted by Crippen LogP contribution is -2.12. The van der Waals surface area contributed by atoms with Gasteiger partial charge in [0, 0.05) is 19.3 Å². The van der Waals surface area contributed by atoms with Crippen LogP contribution in [0, 0.1) is 5.92 Å². The number of ether oxygens (including phenoxy) is 1. The molecule has 0 saturated heterocycles. The van der Waals surface area contributed by atoms with Crippen molar-refractivity contribution in [3.63, 3.8) is 0 Å². The van der Waals surface area contributed by atoms with Crippen LogP contribution in [0.3, 0.4) is 0 Å². The Balaban J connectivity index is 1.84. The lowest BCUT2D eigenvalue weighted by Gasteiger charge is -2.06. The van der Waals surface area contributed by atoms with E-state index in [1.54, 1.807) is 10.8 Å². The number of halogens is 1. The first-order chi connectivity index (χ1) is 7.66. The van der Waals surface area contributed by atoms with Crippen molar-refractivity contribution in [1.82, 2.24) is 4.57 Å². The third kappa shape index (κ3) is 3.00. The largest absolute Gasteiger partial charge is 0.477 e. The van der Waals surface area contributed by atoms with Gasteiger partial charge in [0.1, 0.15) is 5.69 Å². The van der Waals surface area contributed by atoms with Crippen LogP contribution in [0.2, 0.25) is 5.02 Å². The summed E-state index contributed by atoms with van der Waals surface area (Å²) in [7, 11) is 0. The molecule has 4 nitrogen and oxygen atoms in total. The smallest absolute Gasteiger partial charge is 0.352 e. The van der Waals surface area contributed by atoms with Crippen LogP contribution < -0.4 is 0 Å². The highest BCUT2D eigenvalue weighted by Crippen LogP contribution is 2.28. The van der Waals surface area contributed by atoms with Crippen LogP contribution in [0.25, 0.3) is 0 Å². The number of hydrogen-bond acceptors (Lipinski definition) is 2. The molecule has 0 aromatic carbocycles. The van der Waals surface area contributed by atoms with Crippen molar-refractivity contribution >= 4 is 17.6 Å². The van der Waals surface area contributed by atoms with E-state index in [-0.39, 0.29) is 5.69 Å². The molecule has 2 rings (SSSR count). The van der Waals surface area contributed by atoms with Crippen LogP contribution in [0.1, 0.15) is 23.3 Å². The molecule has 0 spiro atoms. The molecule has 16 heavy (non-hydrogen) atoms. The Morgan fingerprint density at radius 1 is 1.62 bits per heavy atom. The monoisotopic (exact) mass is 243 g/mol. The number of nitrogens with zero attached hydrogens (tertiary/aromatic N) is 1. The molecule has 1 aliphatic carbocycles. The number of carboxylic acid groups (broad SMARTS) is 1. The van der Waals surface area contributed by atoms with Gasteiger partial charge in [-0.05, 0) is 24.8 Å². The van der Waals surface area contributed by atoms with E-state index in [2.05, 4.69) is 0 Å². The summed E-state index contributed by atoms with van der Waals surface area (Å²) in [6, 6.07) is 1.45. The molecule has 0 bridgehead atoms. The highest BCUT2D eigenvalue weighted by molar-refractivity contribution is 6.30. The summed E-state index contributed by atoms with van der Waals surface area (Å²) in [5.41, 5.74) is 0.208. The maximum Gasteiger partial charge on any atom is 0.352 e. The molecule has 5 heteroatoms. The lowest BCUT2D eigenvalue weighted by molar-refractivity contribution is 0.0679. The Bertz CT molecular complexity index is 385. The molecule has 1 aromatic rings. The zero-order chi connectivity index (χ0) is 11.5. The fourth-order valence-electron chi connectivity index (χ4n) is 1.54. The van der Waals surface area contributed by atoms with E-state index < -0.39 is 5.97 Å². The standard InChI is InChI=1S/C11H14ClNO3/c12-9-5-10(11(14)15)13(6-9)3-4-16-7-8-1-2-8/h5-6,8H,1-4,7H2,(H,14,15). The second kappa shape index (κ2) is 4.89. The molecule has 1 fully saturated rings. The number of hydrogen-bond donors (Lipinski definition) is 1. The van der Waals surface area contributed by atoms with Crippen LogP contribution in [-0.2, 0) is 11.3 Å². The third-order valence-electron chi connectivity index (χ3n) is 2.61. The molecule has 0 atom stereocenters. The molecule has 1 heterocycles. The van der Waals surface area contributed by atoms with Gasteiger partial charge < -0.3 is 14.4 Å². The lowest BCUT2D eigenvalue weighted by atomic mass is 10.4. The van der Waals surface area contributed by atoms with Crippen LogP contribution in [0.15, 0.2) is 12.3 Å². The van der Waals surface area contributed by atoms with E-state index in [4.69, 9.17) is 21.4 Å². The summed E-state index contributed by atoms with van der Waals surface area (Å²) in [4.78, 5) is 10.9. The number of aromatic carboxylic acids is 1. The van der Waals surface area contributed by atoms with Gasteiger partial charge in [-0.25, -0.2) is 4.79 Å². The van der Waals surface area contributed by atoms with Crippen molar-refractivity contribution in [2.45, 2.75) is 19.4 Å². The first-order valence-electron chi connectivity index (χ1n) is 5.33. The van der Waals surface area contributed by atoms with Gasteiger partial charge in [-0.15, -0.1) is 0 Å². The average molecular weight is 244 g/mol. The topological polar surface area (TPSA) is 51.5 Å². The molecule has 1 aromatic heterocycles. The Kier molecular flexibility index (Phi) is 3.51. The normalized spacial score (nSPS) is 15.3. The predicted octanol–water partition coefficient (Wildman–Crippen LogP) is 2.27. The SMILES string of the molecule is O=C(O)c1cc(Cl)cn1CCOCC1CC1. The third-order valence-corrected chi connectivity index (χ3v) is 2.82. The Hall–Kier alpha value is -1.00.